The van der Waals surface area contributed by atoms with E-state index >= 15 is 0 Å². The molecule has 0 amide bonds. The summed E-state index contributed by atoms with van der Waals surface area (Å²) in [6.45, 7) is 0.0266. The molecule has 0 unspecified atom stereocenters. The third kappa shape index (κ3) is 4.82. The molecule has 0 radical (unpaired) electrons. The van der Waals surface area contributed by atoms with Gasteiger partial charge in [0.1, 0.15) is 39.7 Å². The molecule has 0 aliphatic heterocycles. The van der Waals surface area contributed by atoms with E-state index < -0.39 is 5.43 Å². The van der Waals surface area contributed by atoms with Crippen LogP contribution in [0.5, 0.6) is 23.0 Å². The molecule has 3 aromatic rings. The lowest BCUT2D eigenvalue weighted by atomic mass is 10.1. The van der Waals surface area contributed by atoms with Crippen LogP contribution in [0.3, 0.4) is 0 Å². The van der Waals surface area contributed by atoms with E-state index in [0.29, 0.717) is 22.8 Å². The Hall–Kier alpha value is -3.27. The Labute approximate surface area is 172 Å². The van der Waals surface area contributed by atoms with Crippen LogP contribution in [0.15, 0.2) is 45.6 Å². The predicted octanol–water partition coefficient (Wildman–Crippen LogP) is 3.11. The minimum atomic E-state index is -0.417. The highest BCUT2D eigenvalue weighted by molar-refractivity contribution is 5.86. The fourth-order valence-corrected chi connectivity index (χ4v) is 2.75. The number of phenolic OH excluding ortho intramolecular Hbond substituents is 1. The zero-order valence-corrected chi connectivity index (χ0v) is 16.8. The van der Waals surface area contributed by atoms with Gasteiger partial charge in [-0.15, -0.1) is 0 Å². The number of methoxy groups -OCH3 is 3. The molecular weight excluding hydrogens is 396 g/mol. The second kappa shape index (κ2) is 9.97. The normalized spacial score (nSPS) is 10.9. The molecule has 0 saturated heterocycles. The van der Waals surface area contributed by atoms with E-state index in [1.807, 2.05) is 0 Å². The summed E-state index contributed by atoms with van der Waals surface area (Å²) >= 11 is 0. The Morgan fingerprint density at radius 3 is 2.20 bits per heavy atom. The Bertz CT molecular complexity index is 1060. The van der Waals surface area contributed by atoms with E-state index in [2.05, 4.69) is 0 Å². The molecule has 9 nitrogen and oxygen atoms in total. The number of aromatic hydroxyl groups is 1. The summed E-state index contributed by atoms with van der Waals surface area (Å²) in [5, 5.41) is 10.3. The molecule has 30 heavy (non-hydrogen) atoms. The van der Waals surface area contributed by atoms with E-state index in [1.54, 1.807) is 18.2 Å². The zero-order chi connectivity index (χ0) is 21.5. The summed E-state index contributed by atoms with van der Waals surface area (Å²) in [6, 6.07) is 9.12. The average Bonchev–Trinajstić information content (AvgIpc) is 2.74. The van der Waals surface area contributed by atoms with Crippen LogP contribution < -0.4 is 19.6 Å². The highest BCUT2D eigenvalue weighted by Crippen LogP contribution is 2.36. The van der Waals surface area contributed by atoms with E-state index in [0.717, 1.165) is 0 Å². The SMILES string of the molecule is COCOc1ccc(-c2cc(=O)c3c(O)cc(OCOC)cc3o2)c(OCOC)c1. The van der Waals surface area contributed by atoms with Gasteiger partial charge in [-0.2, -0.15) is 0 Å². The maximum atomic E-state index is 12.7. The number of fused-ring (bicyclic) bond motifs is 1. The maximum absolute atomic E-state index is 12.7. The fourth-order valence-electron chi connectivity index (χ4n) is 2.75. The Morgan fingerprint density at radius 2 is 1.50 bits per heavy atom. The maximum Gasteiger partial charge on any atom is 0.197 e. The van der Waals surface area contributed by atoms with Crippen molar-refractivity contribution in [1.82, 2.24) is 0 Å². The Kier molecular flexibility index (Phi) is 7.12. The number of hydrogen-bond acceptors (Lipinski definition) is 9. The number of benzene rings is 2. The first kappa shape index (κ1) is 21.4. The van der Waals surface area contributed by atoms with Gasteiger partial charge >= 0.3 is 0 Å². The number of hydrogen-bond donors (Lipinski definition) is 1. The van der Waals surface area contributed by atoms with Crippen LogP contribution in [-0.4, -0.2) is 46.8 Å². The fraction of sp³-hybridized carbons (Fsp3) is 0.286. The molecule has 160 valence electrons. The van der Waals surface area contributed by atoms with Gasteiger partial charge in [0.15, 0.2) is 25.8 Å². The van der Waals surface area contributed by atoms with Crippen LogP contribution in [-0.2, 0) is 14.2 Å². The molecular formula is C21H22O9. The van der Waals surface area contributed by atoms with Crippen LogP contribution in [0.4, 0.5) is 0 Å². The van der Waals surface area contributed by atoms with Crippen molar-refractivity contribution >= 4 is 11.0 Å². The summed E-state index contributed by atoms with van der Waals surface area (Å²) in [5.41, 5.74) is 0.235. The van der Waals surface area contributed by atoms with Gasteiger partial charge in [0, 0.05) is 45.6 Å². The minimum Gasteiger partial charge on any atom is -0.507 e. The van der Waals surface area contributed by atoms with Gasteiger partial charge in [0.25, 0.3) is 0 Å². The van der Waals surface area contributed by atoms with Gasteiger partial charge in [-0.3, -0.25) is 4.79 Å². The van der Waals surface area contributed by atoms with Gasteiger partial charge in [0.05, 0.1) is 5.56 Å². The van der Waals surface area contributed by atoms with Crippen molar-refractivity contribution in [3.63, 3.8) is 0 Å². The lowest BCUT2D eigenvalue weighted by molar-refractivity contribution is 0.0462. The summed E-state index contributed by atoms with van der Waals surface area (Å²) in [7, 11) is 4.48. The van der Waals surface area contributed by atoms with Crippen LogP contribution in [0.1, 0.15) is 0 Å². The molecule has 0 atom stereocenters. The molecule has 3 rings (SSSR count). The monoisotopic (exact) mass is 418 g/mol. The lowest BCUT2D eigenvalue weighted by Crippen LogP contribution is -2.05. The molecule has 1 heterocycles. The molecule has 2 aromatic carbocycles. The second-order valence-corrected chi connectivity index (χ2v) is 6.10. The van der Waals surface area contributed by atoms with Crippen molar-refractivity contribution in [2.24, 2.45) is 0 Å². The van der Waals surface area contributed by atoms with E-state index in [1.165, 1.54) is 39.5 Å². The first-order valence-electron chi connectivity index (χ1n) is 8.88. The van der Waals surface area contributed by atoms with Gasteiger partial charge in [-0.25, -0.2) is 0 Å². The summed E-state index contributed by atoms with van der Waals surface area (Å²) in [4.78, 5) is 12.7. The average molecular weight is 418 g/mol. The highest BCUT2D eigenvalue weighted by atomic mass is 16.7. The van der Waals surface area contributed by atoms with Gasteiger partial charge in [-0.1, -0.05) is 0 Å². The van der Waals surface area contributed by atoms with Crippen molar-refractivity contribution in [2.75, 3.05) is 41.7 Å². The quantitative estimate of drug-likeness (QED) is 0.497. The highest BCUT2D eigenvalue weighted by Gasteiger charge is 2.16. The summed E-state index contributed by atoms with van der Waals surface area (Å²) < 4.78 is 37.0. The molecule has 0 aliphatic carbocycles. The predicted molar refractivity (Wildman–Crippen MR) is 107 cm³/mol. The number of rotatable bonds is 10. The third-order valence-corrected chi connectivity index (χ3v) is 4.02. The van der Waals surface area contributed by atoms with Crippen LogP contribution >= 0.6 is 0 Å². The number of ether oxygens (including phenoxy) is 6. The van der Waals surface area contributed by atoms with Crippen molar-refractivity contribution in [2.45, 2.75) is 0 Å². The Balaban J connectivity index is 2.09. The van der Waals surface area contributed by atoms with Gasteiger partial charge < -0.3 is 37.9 Å². The third-order valence-electron chi connectivity index (χ3n) is 4.02. The topological polar surface area (TPSA) is 106 Å². The van der Waals surface area contributed by atoms with Crippen molar-refractivity contribution in [3.05, 3.63) is 46.6 Å². The smallest absolute Gasteiger partial charge is 0.197 e. The van der Waals surface area contributed by atoms with Crippen molar-refractivity contribution in [1.29, 1.82) is 0 Å². The van der Waals surface area contributed by atoms with E-state index in [4.69, 9.17) is 32.8 Å². The zero-order valence-electron chi connectivity index (χ0n) is 16.8. The number of phenols is 1. The van der Waals surface area contributed by atoms with Crippen LogP contribution in [0.25, 0.3) is 22.3 Å². The Morgan fingerprint density at radius 1 is 0.833 bits per heavy atom. The standard InChI is InChI=1S/C21H22O9/c1-24-10-27-13-4-5-15(18(7-13)29-12-26-3)19-9-17(23)21-16(22)6-14(28-11-25-2)8-20(21)30-19/h4-9,22H,10-12H2,1-3H3. The molecule has 0 saturated carbocycles. The largest absolute Gasteiger partial charge is 0.507 e. The summed E-state index contributed by atoms with van der Waals surface area (Å²) in [6.07, 6.45) is 0. The minimum absolute atomic E-state index is 0.0195. The molecule has 9 heteroatoms. The first-order chi connectivity index (χ1) is 14.6. The van der Waals surface area contributed by atoms with Gasteiger partial charge in [0.2, 0.25) is 0 Å². The first-order valence-corrected chi connectivity index (χ1v) is 8.88. The molecule has 0 spiro atoms. The molecule has 0 aliphatic rings. The molecule has 0 fully saturated rings. The lowest BCUT2D eigenvalue weighted by Gasteiger charge is -2.13. The van der Waals surface area contributed by atoms with E-state index in [9.17, 15) is 9.90 Å². The summed E-state index contributed by atoms with van der Waals surface area (Å²) in [5.74, 6) is 1.16. The molecule has 1 aromatic heterocycles. The molecule has 1 N–H and O–H groups in total. The molecule has 0 bridgehead atoms. The van der Waals surface area contributed by atoms with Crippen molar-refractivity contribution < 1.29 is 37.9 Å². The van der Waals surface area contributed by atoms with Crippen LogP contribution in [0.2, 0.25) is 0 Å². The van der Waals surface area contributed by atoms with Gasteiger partial charge in [-0.05, 0) is 12.1 Å². The van der Waals surface area contributed by atoms with Crippen LogP contribution in [0, 0.1) is 0 Å². The second-order valence-electron chi connectivity index (χ2n) is 6.10. The van der Waals surface area contributed by atoms with E-state index in [-0.39, 0.29) is 42.9 Å². The van der Waals surface area contributed by atoms with Crippen molar-refractivity contribution in [3.8, 4) is 34.3 Å².